The molecule has 0 amide bonds. The van der Waals surface area contributed by atoms with Crippen LogP contribution in [0.1, 0.15) is 107 Å². The summed E-state index contributed by atoms with van der Waals surface area (Å²) in [6.45, 7) is 20.2. The maximum absolute atomic E-state index is 12.8. The highest BCUT2D eigenvalue weighted by Gasteiger charge is 2.73. The number of ether oxygens (including phenoxy) is 3. The average molecular weight is 711 g/mol. The minimum atomic E-state index is -1.30. The minimum Gasteiger partial charge on any atom is -0.465 e. The van der Waals surface area contributed by atoms with Gasteiger partial charge in [-0.05, 0) is 98.2 Å². The first-order chi connectivity index (χ1) is 23.8. The Morgan fingerprint density at radius 3 is 2.18 bits per heavy atom. The zero-order chi connectivity index (χ0) is 37.8. The Morgan fingerprint density at radius 2 is 1.53 bits per heavy atom. The molecule has 0 heterocycles. The molecule has 5 rings (SSSR count). The molecular formula is C42H62O9. The lowest BCUT2D eigenvalue weighted by molar-refractivity contribution is -0.261. The lowest BCUT2D eigenvalue weighted by Gasteiger charge is -2.72. The maximum Gasteiger partial charge on any atom is 0.330 e. The quantitative estimate of drug-likeness (QED) is 0.107. The van der Waals surface area contributed by atoms with Crippen molar-refractivity contribution in [2.45, 2.75) is 131 Å². The predicted molar refractivity (Wildman–Crippen MR) is 194 cm³/mol. The van der Waals surface area contributed by atoms with Crippen molar-refractivity contribution in [3.05, 3.63) is 48.6 Å². The number of aliphatic hydroxyl groups is 3. The standard InChI is InChI=1S/C42H62O9/c1-10-13-32(44)49-24-39(7)28-18-21-40(8)29(38(28,6)20-19-31(39)51-34(46)15-12-3)17-16-26-27-22-37(4,5)35(47)36(48)42(27,25-50-33(45)14-11-2)30(43)23-41(26,40)9/h10-12,14-16,27-31,35-36,43,47-48H,1,13,17-25H2,2-9H3/t27?,28?,29?,30-,31+,35+,36+,38+,39-,40-,41-,42+/m1/s1. The highest BCUT2D eigenvalue weighted by molar-refractivity contribution is 5.82. The van der Waals surface area contributed by atoms with Crippen molar-refractivity contribution < 1.29 is 43.9 Å². The summed E-state index contributed by atoms with van der Waals surface area (Å²) in [4.78, 5) is 38.1. The highest BCUT2D eigenvalue weighted by atomic mass is 16.6. The van der Waals surface area contributed by atoms with E-state index in [1.165, 1.54) is 23.8 Å². The normalized spacial score (nSPS) is 44.3. The van der Waals surface area contributed by atoms with Crippen LogP contribution in [0.25, 0.3) is 0 Å². The van der Waals surface area contributed by atoms with Crippen LogP contribution in [0.3, 0.4) is 0 Å². The van der Waals surface area contributed by atoms with Crippen LogP contribution in [0, 0.1) is 50.2 Å². The molecule has 9 nitrogen and oxygen atoms in total. The van der Waals surface area contributed by atoms with Gasteiger partial charge in [-0.3, -0.25) is 4.79 Å². The van der Waals surface area contributed by atoms with E-state index in [9.17, 15) is 29.7 Å². The first-order valence-corrected chi connectivity index (χ1v) is 19.0. The highest BCUT2D eigenvalue weighted by Crippen LogP contribution is 2.76. The van der Waals surface area contributed by atoms with Gasteiger partial charge in [0, 0.05) is 17.6 Å². The fourth-order valence-electron chi connectivity index (χ4n) is 12.2. The number of hydrogen-bond donors (Lipinski definition) is 3. The number of carbonyl (C=O) groups excluding carboxylic acids is 3. The Morgan fingerprint density at radius 1 is 0.863 bits per heavy atom. The van der Waals surface area contributed by atoms with E-state index in [-0.39, 0.29) is 54.2 Å². The van der Waals surface area contributed by atoms with Gasteiger partial charge in [-0.1, -0.05) is 71.4 Å². The molecule has 0 spiro atoms. The maximum atomic E-state index is 12.8. The topological polar surface area (TPSA) is 140 Å². The van der Waals surface area contributed by atoms with Crippen LogP contribution in [0.15, 0.2) is 48.6 Å². The smallest absolute Gasteiger partial charge is 0.330 e. The van der Waals surface area contributed by atoms with Crippen LogP contribution in [0.4, 0.5) is 0 Å². The SMILES string of the molecule is C=CCC(=O)OC[C@]1(C)C2CC[C@]3(C)C(CC=C4C5CC(C)(C)[C@@H](O)[C@H](O)[C@]5(COC(=O)C=CC)[C@H](O)C[C@]43C)[C@@]2(C)CC[C@@H]1OC(=O)C=CC. The van der Waals surface area contributed by atoms with Gasteiger partial charge in [0.2, 0.25) is 0 Å². The molecule has 3 N–H and O–H groups in total. The molecule has 0 aromatic carbocycles. The summed E-state index contributed by atoms with van der Waals surface area (Å²) >= 11 is 0. The van der Waals surface area contributed by atoms with Crippen molar-refractivity contribution in [1.82, 2.24) is 0 Å². The molecule has 0 aromatic rings. The van der Waals surface area contributed by atoms with Gasteiger partial charge in [0.15, 0.2) is 0 Å². The molecule has 5 aliphatic carbocycles. The van der Waals surface area contributed by atoms with Crippen LogP contribution in [-0.4, -0.2) is 70.9 Å². The molecule has 4 fully saturated rings. The molecule has 0 aliphatic heterocycles. The van der Waals surface area contributed by atoms with Crippen molar-refractivity contribution in [3.8, 4) is 0 Å². The van der Waals surface area contributed by atoms with E-state index in [1.807, 2.05) is 13.8 Å². The van der Waals surface area contributed by atoms with E-state index in [0.717, 1.165) is 25.7 Å². The van der Waals surface area contributed by atoms with Crippen molar-refractivity contribution in [2.75, 3.05) is 13.2 Å². The van der Waals surface area contributed by atoms with E-state index in [1.54, 1.807) is 26.0 Å². The van der Waals surface area contributed by atoms with Crippen LogP contribution in [-0.2, 0) is 28.6 Å². The Kier molecular flexibility index (Phi) is 10.8. The van der Waals surface area contributed by atoms with Crippen molar-refractivity contribution in [1.29, 1.82) is 0 Å². The lowest BCUT2D eigenvalue weighted by atomic mass is 9.33. The van der Waals surface area contributed by atoms with Gasteiger partial charge in [-0.15, -0.1) is 6.58 Å². The van der Waals surface area contributed by atoms with Gasteiger partial charge in [0.1, 0.15) is 19.3 Å². The predicted octanol–water partition coefficient (Wildman–Crippen LogP) is 6.41. The number of hydrogen-bond acceptors (Lipinski definition) is 9. The van der Waals surface area contributed by atoms with Crippen LogP contribution in [0.2, 0.25) is 0 Å². The summed E-state index contributed by atoms with van der Waals surface area (Å²) in [5.74, 6) is -1.33. The third-order valence-electron chi connectivity index (χ3n) is 15.1. The lowest BCUT2D eigenvalue weighted by Crippen LogP contribution is -2.72. The second-order valence-electron chi connectivity index (χ2n) is 18.0. The summed E-state index contributed by atoms with van der Waals surface area (Å²) < 4.78 is 17.7. The van der Waals surface area contributed by atoms with Crippen LogP contribution < -0.4 is 0 Å². The van der Waals surface area contributed by atoms with E-state index in [0.29, 0.717) is 19.3 Å². The second kappa shape index (κ2) is 13.9. The van der Waals surface area contributed by atoms with E-state index in [2.05, 4.69) is 40.3 Å². The molecule has 0 saturated heterocycles. The van der Waals surface area contributed by atoms with Crippen LogP contribution >= 0.6 is 0 Å². The number of allylic oxidation sites excluding steroid dienone is 4. The zero-order valence-corrected chi connectivity index (χ0v) is 32.1. The van der Waals surface area contributed by atoms with Gasteiger partial charge >= 0.3 is 17.9 Å². The van der Waals surface area contributed by atoms with Gasteiger partial charge in [-0.2, -0.15) is 0 Å². The fourth-order valence-corrected chi connectivity index (χ4v) is 12.2. The minimum absolute atomic E-state index is 0.0829. The molecule has 3 unspecified atom stereocenters. The van der Waals surface area contributed by atoms with Crippen LogP contribution in [0.5, 0.6) is 0 Å². The molecular weight excluding hydrogens is 648 g/mol. The molecule has 12 atom stereocenters. The monoisotopic (exact) mass is 710 g/mol. The van der Waals surface area contributed by atoms with Crippen molar-refractivity contribution >= 4 is 17.9 Å². The zero-order valence-electron chi connectivity index (χ0n) is 32.1. The first-order valence-electron chi connectivity index (χ1n) is 19.0. The van der Waals surface area contributed by atoms with Gasteiger partial charge < -0.3 is 29.5 Å². The van der Waals surface area contributed by atoms with Gasteiger partial charge in [0.25, 0.3) is 0 Å². The molecule has 4 saturated carbocycles. The fraction of sp³-hybridized carbons (Fsp3) is 0.738. The number of rotatable bonds is 9. The molecule has 5 aliphatic rings. The van der Waals surface area contributed by atoms with E-state index >= 15 is 0 Å². The summed E-state index contributed by atoms with van der Waals surface area (Å²) in [5.41, 5.74) is -2.25. The Bertz CT molecular complexity index is 1480. The summed E-state index contributed by atoms with van der Waals surface area (Å²) in [5, 5.41) is 35.7. The summed E-state index contributed by atoms with van der Waals surface area (Å²) in [6, 6.07) is 0. The van der Waals surface area contributed by atoms with Gasteiger partial charge in [0.05, 0.1) is 30.1 Å². The molecule has 9 heteroatoms. The number of esters is 3. The Hall–Kier alpha value is -2.75. The molecule has 0 bridgehead atoms. The first kappa shape index (κ1) is 39.5. The molecule has 51 heavy (non-hydrogen) atoms. The van der Waals surface area contributed by atoms with E-state index in [4.69, 9.17) is 14.2 Å². The summed E-state index contributed by atoms with van der Waals surface area (Å²) in [7, 11) is 0. The molecule has 0 aromatic heterocycles. The number of aliphatic hydroxyl groups excluding tert-OH is 3. The molecule has 0 radical (unpaired) electrons. The largest absolute Gasteiger partial charge is 0.465 e. The second-order valence-corrected chi connectivity index (χ2v) is 18.0. The van der Waals surface area contributed by atoms with Crippen molar-refractivity contribution in [2.24, 2.45) is 50.2 Å². The molecule has 284 valence electrons. The van der Waals surface area contributed by atoms with E-state index < -0.39 is 58.0 Å². The third-order valence-corrected chi connectivity index (χ3v) is 15.1. The summed E-state index contributed by atoms with van der Waals surface area (Å²) in [6.07, 6.45) is 10.9. The Balaban J connectivity index is 1.57. The van der Waals surface area contributed by atoms with Gasteiger partial charge in [-0.25, -0.2) is 9.59 Å². The Labute approximate surface area is 304 Å². The van der Waals surface area contributed by atoms with Crippen molar-refractivity contribution in [3.63, 3.8) is 0 Å². The number of fused-ring (bicyclic) bond motifs is 7. The third kappa shape index (κ3) is 6.07. The number of carbonyl (C=O) groups is 3. The average Bonchev–Trinajstić information content (AvgIpc) is 3.05.